The Kier molecular flexibility index (Phi) is 12.8. The number of benzene rings is 3. The van der Waals surface area contributed by atoms with Crippen molar-refractivity contribution in [2.24, 2.45) is 46.3 Å². The molecule has 0 radical (unpaired) electrons. The zero-order chi connectivity index (χ0) is 40.2. The fourth-order valence-corrected chi connectivity index (χ4v) is 11.4. The summed E-state index contributed by atoms with van der Waals surface area (Å²) in [5.41, 5.74) is 2.46. The molecule has 3 aromatic rings. The molecule has 0 saturated heterocycles. The van der Waals surface area contributed by atoms with Gasteiger partial charge in [0.1, 0.15) is 17.6 Å². The van der Waals surface area contributed by atoms with Crippen LogP contribution in [0.3, 0.4) is 0 Å². The number of fused-ring (bicyclic) bond motifs is 8. The summed E-state index contributed by atoms with van der Waals surface area (Å²) in [6, 6.07) is 14.7. The maximum atomic E-state index is 11.7. The molecule has 6 unspecified atom stereocenters. The standard InChI is InChI=1S/C30H48O2.C20H14O4/c1-7-28(31)32-23-15-17-29(5)22(19-23)11-12-24-26-14-13-25(21(4)10-8-9-20(2)3)30(26,6)18-16-27(24)29;1-3-19(21)23-15-7-9-17-13(11-15)5-6-14-12-16(8-10-18(14)17)24-20(22)4-2/h7,11,20-21,23-27H,1,8-10,12-19H2,2-6H3;3-12H,1-2H2/t21?,23?,24?,25?,26?,27?,29-,30+;/m0./s1. The van der Waals surface area contributed by atoms with E-state index >= 15 is 0 Å². The molecule has 3 saturated carbocycles. The second-order valence-corrected chi connectivity index (χ2v) is 17.9. The Morgan fingerprint density at radius 1 is 0.750 bits per heavy atom. The minimum Gasteiger partial charge on any atom is -0.459 e. The van der Waals surface area contributed by atoms with Crippen LogP contribution in [0, 0.1) is 46.3 Å². The highest BCUT2D eigenvalue weighted by Gasteiger charge is 2.59. The molecule has 7 rings (SSSR count). The van der Waals surface area contributed by atoms with Crippen molar-refractivity contribution in [2.45, 2.75) is 111 Å². The summed E-state index contributed by atoms with van der Waals surface area (Å²) in [6.07, 6.45) is 20.5. The number of ether oxygens (including phenoxy) is 3. The SMILES string of the molecule is C=CC(=O)OC1CC[C@@]2(C)C(=CCC3C4CCC(C(C)CCCC(C)C)[C@@]4(C)CCC32)C1.C=CC(=O)Oc1ccc2c(ccc3cc(OC(=O)C=C)ccc32)c1. The van der Waals surface area contributed by atoms with E-state index in [9.17, 15) is 14.4 Å². The number of hydrogen-bond donors (Lipinski definition) is 0. The summed E-state index contributed by atoms with van der Waals surface area (Å²) in [5, 5.41) is 3.89. The van der Waals surface area contributed by atoms with E-state index in [1.54, 1.807) is 29.8 Å². The average molecular weight is 759 g/mol. The van der Waals surface area contributed by atoms with Gasteiger partial charge < -0.3 is 14.2 Å². The summed E-state index contributed by atoms with van der Waals surface area (Å²) >= 11 is 0. The second-order valence-electron chi connectivity index (χ2n) is 17.9. The summed E-state index contributed by atoms with van der Waals surface area (Å²) in [6.45, 7) is 22.8. The first-order valence-corrected chi connectivity index (χ1v) is 21.0. The zero-order valence-corrected chi connectivity index (χ0v) is 34.3. The quantitative estimate of drug-likeness (QED) is 0.0637. The van der Waals surface area contributed by atoms with E-state index in [0.29, 0.717) is 22.3 Å². The van der Waals surface area contributed by atoms with E-state index in [4.69, 9.17) is 14.2 Å². The van der Waals surface area contributed by atoms with Gasteiger partial charge in [0.2, 0.25) is 0 Å². The zero-order valence-electron chi connectivity index (χ0n) is 34.3. The molecule has 4 aliphatic carbocycles. The summed E-state index contributed by atoms with van der Waals surface area (Å²) < 4.78 is 15.9. The average Bonchev–Trinajstić information content (AvgIpc) is 3.55. The van der Waals surface area contributed by atoms with E-state index in [-0.39, 0.29) is 12.1 Å². The second kappa shape index (κ2) is 17.4. The lowest BCUT2D eigenvalue weighted by Gasteiger charge is -2.58. The topological polar surface area (TPSA) is 78.9 Å². The Balaban J connectivity index is 0.000000198. The molecule has 6 nitrogen and oxygen atoms in total. The van der Waals surface area contributed by atoms with Crippen LogP contribution < -0.4 is 9.47 Å². The molecule has 0 aliphatic heterocycles. The van der Waals surface area contributed by atoms with Crippen LogP contribution in [-0.4, -0.2) is 24.0 Å². The largest absolute Gasteiger partial charge is 0.459 e. The van der Waals surface area contributed by atoms with Crippen molar-refractivity contribution in [2.75, 3.05) is 0 Å². The highest BCUT2D eigenvalue weighted by molar-refractivity contribution is 6.08. The van der Waals surface area contributed by atoms with Crippen LogP contribution >= 0.6 is 0 Å². The van der Waals surface area contributed by atoms with Gasteiger partial charge in [-0.1, -0.05) is 110 Å². The van der Waals surface area contributed by atoms with Crippen LogP contribution in [0.5, 0.6) is 11.5 Å². The first-order valence-electron chi connectivity index (χ1n) is 21.0. The molecule has 3 fully saturated rings. The molecule has 0 N–H and O–H groups in total. The number of carbonyl (C=O) groups excluding carboxylic acids is 3. The fraction of sp³-hybridized carbons (Fsp3) is 0.500. The third kappa shape index (κ3) is 8.60. The van der Waals surface area contributed by atoms with Gasteiger partial charge in [-0.05, 0) is 137 Å². The highest BCUT2D eigenvalue weighted by atomic mass is 16.5. The Morgan fingerprint density at radius 2 is 1.36 bits per heavy atom. The van der Waals surface area contributed by atoms with Crippen LogP contribution in [0.2, 0.25) is 0 Å². The Labute approximate surface area is 334 Å². The van der Waals surface area contributed by atoms with Crippen molar-refractivity contribution in [1.29, 1.82) is 0 Å². The van der Waals surface area contributed by atoms with Gasteiger partial charge in [-0.3, -0.25) is 0 Å². The summed E-state index contributed by atoms with van der Waals surface area (Å²) in [5.74, 6) is 4.90. The predicted molar refractivity (Wildman–Crippen MR) is 226 cm³/mol. The van der Waals surface area contributed by atoms with Gasteiger partial charge in [0.25, 0.3) is 0 Å². The first-order chi connectivity index (χ1) is 26.8. The molecule has 0 aromatic heterocycles. The van der Waals surface area contributed by atoms with Crippen molar-refractivity contribution in [3.05, 3.63) is 98.1 Å². The number of hydrogen-bond acceptors (Lipinski definition) is 6. The van der Waals surface area contributed by atoms with Crippen molar-refractivity contribution >= 4 is 39.5 Å². The molecule has 0 heterocycles. The maximum absolute atomic E-state index is 11.7. The predicted octanol–water partition coefficient (Wildman–Crippen LogP) is 12.3. The molecule has 4 aliphatic rings. The molecule has 0 amide bonds. The number of esters is 3. The normalized spacial score (nSPS) is 28.3. The molecule has 3 aromatic carbocycles. The van der Waals surface area contributed by atoms with Crippen LogP contribution in [0.4, 0.5) is 0 Å². The van der Waals surface area contributed by atoms with E-state index in [1.807, 2.05) is 24.3 Å². The lowest BCUT2D eigenvalue weighted by atomic mass is 9.47. The summed E-state index contributed by atoms with van der Waals surface area (Å²) in [4.78, 5) is 34.3. The molecular formula is C50H62O6. The van der Waals surface area contributed by atoms with Gasteiger partial charge in [0.15, 0.2) is 0 Å². The van der Waals surface area contributed by atoms with E-state index in [0.717, 1.165) is 82.0 Å². The van der Waals surface area contributed by atoms with E-state index in [1.165, 1.54) is 63.9 Å². The molecule has 298 valence electrons. The maximum Gasteiger partial charge on any atom is 0.335 e. The van der Waals surface area contributed by atoms with Crippen molar-refractivity contribution in [1.82, 2.24) is 0 Å². The van der Waals surface area contributed by atoms with Crippen molar-refractivity contribution in [3.8, 4) is 11.5 Å². The number of carbonyl (C=O) groups is 3. The monoisotopic (exact) mass is 758 g/mol. The van der Waals surface area contributed by atoms with E-state index < -0.39 is 11.9 Å². The Bertz CT molecular complexity index is 1920. The third-order valence-electron chi connectivity index (χ3n) is 14.3. The van der Waals surface area contributed by atoms with Gasteiger partial charge in [0, 0.05) is 24.6 Å². The van der Waals surface area contributed by atoms with Crippen molar-refractivity contribution in [3.63, 3.8) is 0 Å². The first kappa shape index (κ1) is 41.2. The lowest BCUT2D eigenvalue weighted by molar-refractivity contribution is -0.145. The smallest absolute Gasteiger partial charge is 0.335 e. The van der Waals surface area contributed by atoms with Crippen molar-refractivity contribution < 1.29 is 28.6 Å². The van der Waals surface area contributed by atoms with Gasteiger partial charge in [0.05, 0.1) is 0 Å². The fourth-order valence-electron chi connectivity index (χ4n) is 11.4. The van der Waals surface area contributed by atoms with Crippen LogP contribution in [-0.2, 0) is 19.1 Å². The Hall–Kier alpha value is -4.45. The molecule has 6 heteroatoms. The van der Waals surface area contributed by atoms with Crippen LogP contribution in [0.25, 0.3) is 21.5 Å². The van der Waals surface area contributed by atoms with Gasteiger partial charge in [-0.25, -0.2) is 14.4 Å². The van der Waals surface area contributed by atoms with Gasteiger partial charge >= 0.3 is 17.9 Å². The van der Waals surface area contributed by atoms with Gasteiger partial charge in [-0.15, -0.1) is 0 Å². The molecule has 8 atom stereocenters. The molecule has 0 bridgehead atoms. The third-order valence-corrected chi connectivity index (χ3v) is 14.3. The highest BCUT2D eigenvalue weighted by Crippen LogP contribution is 2.67. The van der Waals surface area contributed by atoms with E-state index in [2.05, 4.69) is 60.4 Å². The summed E-state index contributed by atoms with van der Waals surface area (Å²) in [7, 11) is 0. The molecule has 56 heavy (non-hydrogen) atoms. The number of rotatable bonds is 11. The van der Waals surface area contributed by atoms with Crippen LogP contribution in [0.15, 0.2) is 98.1 Å². The number of allylic oxidation sites excluding steroid dienone is 1. The van der Waals surface area contributed by atoms with Crippen LogP contribution in [0.1, 0.15) is 105 Å². The minimum absolute atomic E-state index is 0.0489. The van der Waals surface area contributed by atoms with Gasteiger partial charge in [-0.2, -0.15) is 0 Å². The minimum atomic E-state index is -0.496. The Morgan fingerprint density at radius 3 is 1.93 bits per heavy atom. The molecule has 0 spiro atoms. The molecular weight excluding hydrogens is 697 g/mol. The lowest BCUT2D eigenvalue weighted by Crippen LogP contribution is -2.51.